The summed E-state index contributed by atoms with van der Waals surface area (Å²) in [5.74, 6) is 0.755. The first-order valence-corrected chi connectivity index (χ1v) is 6.93. The van der Waals surface area contributed by atoms with Crippen LogP contribution in [0.5, 0.6) is 0 Å². The van der Waals surface area contributed by atoms with Crippen LogP contribution in [0, 0.1) is 5.92 Å². The molecule has 1 rings (SSSR count). The zero-order valence-electron chi connectivity index (χ0n) is 11.8. The molecular weight excluding hydrogens is 196 g/mol. The van der Waals surface area contributed by atoms with E-state index in [1.54, 1.807) is 0 Å². The van der Waals surface area contributed by atoms with Crippen molar-refractivity contribution in [3.8, 4) is 0 Å². The Kier molecular flexibility index (Phi) is 5.26. The van der Waals surface area contributed by atoms with Crippen LogP contribution in [-0.4, -0.2) is 37.6 Å². The van der Waals surface area contributed by atoms with Gasteiger partial charge in [-0.3, -0.25) is 0 Å². The highest BCUT2D eigenvalue weighted by atomic mass is 15.2. The molecule has 0 aromatic carbocycles. The lowest BCUT2D eigenvalue weighted by Gasteiger charge is -2.50. The Morgan fingerprint density at radius 3 is 2.12 bits per heavy atom. The highest BCUT2D eigenvalue weighted by Gasteiger charge is 2.42. The zero-order valence-corrected chi connectivity index (χ0v) is 11.8. The van der Waals surface area contributed by atoms with E-state index in [9.17, 15) is 0 Å². The summed E-state index contributed by atoms with van der Waals surface area (Å²) in [5, 5.41) is 3.60. The topological polar surface area (TPSA) is 15.3 Å². The van der Waals surface area contributed by atoms with Crippen LogP contribution in [0.4, 0.5) is 0 Å². The maximum absolute atomic E-state index is 3.60. The molecule has 2 atom stereocenters. The molecule has 0 saturated heterocycles. The minimum Gasteiger partial charge on any atom is -0.315 e. The molecule has 0 bridgehead atoms. The quantitative estimate of drug-likeness (QED) is 0.775. The monoisotopic (exact) mass is 226 g/mol. The fraction of sp³-hybridized carbons (Fsp3) is 1.00. The third-order valence-electron chi connectivity index (χ3n) is 4.71. The molecule has 1 N–H and O–H groups in total. The Labute approximate surface area is 102 Å². The van der Waals surface area contributed by atoms with Crippen LogP contribution in [0.1, 0.15) is 52.4 Å². The van der Waals surface area contributed by atoms with Gasteiger partial charge in [-0.05, 0) is 39.9 Å². The van der Waals surface area contributed by atoms with Gasteiger partial charge in [0.05, 0.1) is 0 Å². The van der Waals surface area contributed by atoms with Crippen LogP contribution in [0.15, 0.2) is 0 Å². The summed E-state index contributed by atoms with van der Waals surface area (Å²) in [7, 11) is 6.66. The van der Waals surface area contributed by atoms with Gasteiger partial charge in [-0.15, -0.1) is 0 Å². The highest BCUT2D eigenvalue weighted by Crippen LogP contribution is 2.38. The van der Waals surface area contributed by atoms with E-state index in [0.717, 1.165) is 5.92 Å². The van der Waals surface area contributed by atoms with E-state index in [2.05, 4.69) is 45.2 Å². The molecule has 0 spiro atoms. The van der Waals surface area contributed by atoms with Gasteiger partial charge in [0.1, 0.15) is 0 Å². The minimum atomic E-state index is 0.391. The second-order valence-corrected chi connectivity index (χ2v) is 5.71. The van der Waals surface area contributed by atoms with E-state index in [4.69, 9.17) is 0 Å². The fourth-order valence-corrected chi connectivity index (χ4v) is 3.52. The van der Waals surface area contributed by atoms with E-state index in [1.165, 1.54) is 38.5 Å². The largest absolute Gasteiger partial charge is 0.315 e. The number of hydrogen-bond donors (Lipinski definition) is 1. The highest BCUT2D eigenvalue weighted by molar-refractivity contribution is 5.01. The van der Waals surface area contributed by atoms with Gasteiger partial charge in [-0.2, -0.15) is 0 Å². The van der Waals surface area contributed by atoms with E-state index in [0.29, 0.717) is 11.6 Å². The molecule has 1 aliphatic carbocycles. The first-order chi connectivity index (χ1) is 7.58. The number of nitrogens with one attached hydrogen (secondary N) is 1. The second kappa shape index (κ2) is 6.02. The van der Waals surface area contributed by atoms with E-state index in [-0.39, 0.29) is 0 Å². The van der Waals surface area contributed by atoms with Crippen LogP contribution in [0.2, 0.25) is 0 Å². The lowest BCUT2D eigenvalue weighted by atomic mass is 9.71. The molecule has 1 saturated carbocycles. The molecule has 0 amide bonds. The summed E-state index contributed by atoms with van der Waals surface area (Å²) >= 11 is 0. The van der Waals surface area contributed by atoms with E-state index < -0.39 is 0 Å². The minimum absolute atomic E-state index is 0.391. The van der Waals surface area contributed by atoms with Gasteiger partial charge in [0.25, 0.3) is 0 Å². The molecule has 96 valence electrons. The fourth-order valence-electron chi connectivity index (χ4n) is 3.52. The summed E-state index contributed by atoms with van der Waals surface area (Å²) in [6.07, 6.45) is 8.19. The van der Waals surface area contributed by atoms with Gasteiger partial charge in [-0.1, -0.05) is 39.5 Å². The molecule has 0 radical (unpaired) electrons. The lowest BCUT2D eigenvalue weighted by molar-refractivity contribution is 0.0380. The Morgan fingerprint density at radius 1 is 1.19 bits per heavy atom. The SMILES string of the molecule is CCC(C)C(NC)C1(N(C)C)CCCCC1. The number of nitrogens with zero attached hydrogens (tertiary/aromatic N) is 1. The third kappa shape index (κ3) is 2.60. The summed E-state index contributed by atoms with van der Waals surface area (Å²) < 4.78 is 0. The first-order valence-electron chi connectivity index (χ1n) is 6.93. The van der Waals surface area contributed by atoms with Crippen LogP contribution >= 0.6 is 0 Å². The van der Waals surface area contributed by atoms with Gasteiger partial charge < -0.3 is 10.2 Å². The summed E-state index contributed by atoms with van der Waals surface area (Å²) in [6, 6.07) is 0.632. The number of rotatable bonds is 5. The molecule has 2 nitrogen and oxygen atoms in total. The van der Waals surface area contributed by atoms with Crippen molar-refractivity contribution in [2.24, 2.45) is 5.92 Å². The van der Waals surface area contributed by atoms with Gasteiger partial charge in [0.15, 0.2) is 0 Å². The standard InChI is InChI=1S/C14H30N2/c1-6-12(2)13(15-3)14(16(4)5)10-8-7-9-11-14/h12-13,15H,6-11H2,1-5H3. The molecular formula is C14H30N2. The van der Waals surface area contributed by atoms with Gasteiger partial charge in [0.2, 0.25) is 0 Å². The van der Waals surface area contributed by atoms with Crippen molar-refractivity contribution in [1.29, 1.82) is 0 Å². The average Bonchev–Trinajstić information content (AvgIpc) is 2.30. The van der Waals surface area contributed by atoms with Gasteiger partial charge >= 0.3 is 0 Å². The van der Waals surface area contributed by atoms with Crippen molar-refractivity contribution in [3.05, 3.63) is 0 Å². The van der Waals surface area contributed by atoms with Crippen molar-refractivity contribution in [3.63, 3.8) is 0 Å². The van der Waals surface area contributed by atoms with Crippen molar-refractivity contribution in [2.75, 3.05) is 21.1 Å². The molecule has 1 aliphatic rings. The smallest absolute Gasteiger partial charge is 0.0358 e. The van der Waals surface area contributed by atoms with E-state index in [1.807, 2.05) is 0 Å². The predicted molar refractivity (Wildman–Crippen MR) is 71.8 cm³/mol. The molecule has 0 heterocycles. The van der Waals surface area contributed by atoms with Crippen LogP contribution < -0.4 is 5.32 Å². The van der Waals surface area contributed by atoms with Crippen LogP contribution in [-0.2, 0) is 0 Å². The van der Waals surface area contributed by atoms with Crippen molar-refractivity contribution in [1.82, 2.24) is 10.2 Å². The maximum atomic E-state index is 3.60. The van der Waals surface area contributed by atoms with Gasteiger partial charge in [0, 0.05) is 11.6 Å². The van der Waals surface area contributed by atoms with Crippen molar-refractivity contribution in [2.45, 2.75) is 64.0 Å². The molecule has 0 aromatic rings. The van der Waals surface area contributed by atoms with Gasteiger partial charge in [-0.25, -0.2) is 0 Å². The molecule has 0 aromatic heterocycles. The maximum Gasteiger partial charge on any atom is 0.0358 e. The normalized spacial score (nSPS) is 24.4. The van der Waals surface area contributed by atoms with Crippen LogP contribution in [0.25, 0.3) is 0 Å². The Bertz CT molecular complexity index is 195. The predicted octanol–water partition coefficient (Wildman–Crippen LogP) is 2.89. The molecule has 2 unspecified atom stereocenters. The second-order valence-electron chi connectivity index (χ2n) is 5.71. The van der Waals surface area contributed by atoms with Crippen molar-refractivity contribution < 1.29 is 0 Å². The Morgan fingerprint density at radius 2 is 1.75 bits per heavy atom. The molecule has 1 fully saturated rings. The Balaban J connectivity index is 2.88. The zero-order chi connectivity index (χ0) is 12.2. The lowest BCUT2D eigenvalue weighted by Crippen LogP contribution is -2.61. The third-order valence-corrected chi connectivity index (χ3v) is 4.71. The van der Waals surface area contributed by atoms with E-state index >= 15 is 0 Å². The first kappa shape index (κ1) is 14.0. The molecule has 0 aliphatic heterocycles. The molecule has 16 heavy (non-hydrogen) atoms. The number of hydrogen-bond acceptors (Lipinski definition) is 2. The summed E-state index contributed by atoms with van der Waals surface area (Å²) in [5.41, 5.74) is 0.391. The average molecular weight is 226 g/mol. The number of likely N-dealkylation sites (N-methyl/N-ethyl adjacent to an activating group) is 2. The van der Waals surface area contributed by atoms with Crippen molar-refractivity contribution >= 4 is 0 Å². The summed E-state index contributed by atoms with van der Waals surface area (Å²) in [4.78, 5) is 2.49. The summed E-state index contributed by atoms with van der Waals surface area (Å²) in [6.45, 7) is 4.70. The van der Waals surface area contributed by atoms with Crippen LogP contribution in [0.3, 0.4) is 0 Å². The Hall–Kier alpha value is -0.0800. The molecule has 2 heteroatoms.